The molecule has 1 aromatic carbocycles. The lowest BCUT2D eigenvalue weighted by Crippen LogP contribution is -1.90. The van der Waals surface area contributed by atoms with Crippen molar-refractivity contribution in [2.75, 3.05) is 0 Å². The van der Waals surface area contributed by atoms with Crippen LogP contribution in [0.5, 0.6) is 0 Å². The van der Waals surface area contributed by atoms with E-state index in [1.807, 2.05) is 12.1 Å². The summed E-state index contributed by atoms with van der Waals surface area (Å²) in [4.78, 5) is 0. The predicted molar refractivity (Wildman–Crippen MR) is 52.4 cm³/mol. The molecule has 0 aliphatic heterocycles. The van der Waals surface area contributed by atoms with Crippen molar-refractivity contribution in [3.05, 3.63) is 53.9 Å². The molecule has 2 nitrogen and oxygen atoms in total. The summed E-state index contributed by atoms with van der Waals surface area (Å²) in [5.41, 5.74) is 2.57. The number of hydrogen-bond donors (Lipinski definition) is 1. The Hall–Kier alpha value is -1.57. The first-order chi connectivity index (χ1) is 6.45. The van der Waals surface area contributed by atoms with E-state index >= 15 is 0 Å². The molecule has 0 bridgehead atoms. The Morgan fingerprint density at radius 3 is 2.54 bits per heavy atom. The average Bonchev–Trinajstić information content (AvgIpc) is 2.69. The summed E-state index contributed by atoms with van der Waals surface area (Å²) in [6.45, 7) is 0. The van der Waals surface area contributed by atoms with E-state index in [-0.39, 0.29) is 0 Å². The number of rotatable bonds is 3. The molecule has 0 saturated heterocycles. The van der Waals surface area contributed by atoms with Crippen LogP contribution in [-0.4, -0.2) is 10.2 Å². The van der Waals surface area contributed by atoms with Gasteiger partial charge in [0.15, 0.2) is 0 Å². The van der Waals surface area contributed by atoms with Crippen LogP contribution in [0.25, 0.3) is 0 Å². The van der Waals surface area contributed by atoms with E-state index in [1.54, 1.807) is 6.20 Å². The van der Waals surface area contributed by atoms with Crippen LogP contribution >= 0.6 is 0 Å². The second kappa shape index (κ2) is 3.90. The smallest absolute Gasteiger partial charge is 0.0490 e. The molecule has 0 unspecified atom stereocenters. The molecule has 66 valence electrons. The van der Waals surface area contributed by atoms with Crippen LogP contribution in [0, 0.1) is 0 Å². The zero-order chi connectivity index (χ0) is 8.93. The van der Waals surface area contributed by atoms with Crippen molar-refractivity contribution in [3.63, 3.8) is 0 Å². The van der Waals surface area contributed by atoms with Gasteiger partial charge in [-0.25, -0.2) is 0 Å². The maximum absolute atomic E-state index is 3.91. The topological polar surface area (TPSA) is 28.7 Å². The highest BCUT2D eigenvalue weighted by atomic mass is 15.1. The predicted octanol–water partition coefficient (Wildman–Crippen LogP) is 2.19. The van der Waals surface area contributed by atoms with Gasteiger partial charge in [-0.1, -0.05) is 30.3 Å². The molecule has 2 aromatic rings. The molecule has 0 aliphatic carbocycles. The maximum atomic E-state index is 3.91. The summed E-state index contributed by atoms with van der Waals surface area (Å²) in [6.07, 6.45) is 3.90. The van der Waals surface area contributed by atoms with Crippen molar-refractivity contribution in [2.45, 2.75) is 12.8 Å². The van der Waals surface area contributed by atoms with Gasteiger partial charge in [0.25, 0.3) is 0 Å². The molecule has 0 aliphatic rings. The van der Waals surface area contributed by atoms with Crippen LogP contribution in [-0.2, 0) is 12.8 Å². The molecule has 0 spiro atoms. The van der Waals surface area contributed by atoms with E-state index < -0.39 is 0 Å². The summed E-state index contributed by atoms with van der Waals surface area (Å²) in [5.74, 6) is 0. The van der Waals surface area contributed by atoms with Gasteiger partial charge in [0.2, 0.25) is 0 Å². The standard InChI is InChI=1S/C11H12N2/c1-2-4-10(5-3-1)6-7-11-8-9-12-13-11/h1-5,8-9H,6-7H2,(H,12,13). The Labute approximate surface area is 77.6 Å². The van der Waals surface area contributed by atoms with Gasteiger partial charge in [-0.3, -0.25) is 5.10 Å². The summed E-state index contributed by atoms with van der Waals surface area (Å²) >= 11 is 0. The van der Waals surface area contributed by atoms with Crippen LogP contribution < -0.4 is 0 Å². The van der Waals surface area contributed by atoms with E-state index in [9.17, 15) is 0 Å². The Morgan fingerprint density at radius 2 is 1.85 bits per heavy atom. The summed E-state index contributed by atoms with van der Waals surface area (Å²) in [5, 5.41) is 6.87. The zero-order valence-corrected chi connectivity index (χ0v) is 7.40. The fourth-order valence-corrected chi connectivity index (χ4v) is 1.35. The minimum absolute atomic E-state index is 1.03. The quantitative estimate of drug-likeness (QED) is 0.755. The van der Waals surface area contributed by atoms with Crippen molar-refractivity contribution >= 4 is 0 Å². The second-order valence-electron chi connectivity index (χ2n) is 3.07. The third-order valence-corrected chi connectivity index (χ3v) is 2.08. The van der Waals surface area contributed by atoms with Gasteiger partial charge in [0.05, 0.1) is 0 Å². The maximum Gasteiger partial charge on any atom is 0.0490 e. The lowest BCUT2D eigenvalue weighted by molar-refractivity contribution is 0.893. The third kappa shape index (κ3) is 2.18. The number of aryl methyl sites for hydroxylation is 2. The van der Waals surface area contributed by atoms with Crippen LogP contribution in [0.1, 0.15) is 11.3 Å². The number of benzene rings is 1. The molecule has 0 amide bonds. The first-order valence-corrected chi connectivity index (χ1v) is 4.47. The van der Waals surface area contributed by atoms with E-state index in [0.717, 1.165) is 12.8 Å². The Balaban J connectivity index is 1.94. The molecule has 0 saturated carbocycles. The van der Waals surface area contributed by atoms with Gasteiger partial charge >= 0.3 is 0 Å². The van der Waals surface area contributed by atoms with Crippen molar-refractivity contribution in [1.29, 1.82) is 0 Å². The molecular formula is C11H12N2. The van der Waals surface area contributed by atoms with Gasteiger partial charge < -0.3 is 0 Å². The van der Waals surface area contributed by atoms with Crippen LogP contribution in [0.15, 0.2) is 42.6 Å². The van der Waals surface area contributed by atoms with Crippen LogP contribution in [0.2, 0.25) is 0 Å². The number of nitrogens with one attached hydrogen (secondary N) is 1. The van der Waals surface area contributed by atoms with E-state index in [2.05, 4.69) is 34.5 Å². The van der Waals surface area contributed by atoms with Crippen LogP contribution in [0.4, 0.5) is 0 Å². The minimum Gasteiger partial charge on any atom is -0.283 e. The molecule has 1 heterocycles. The van der Waals surface area contributed by atoms with Gasteiger partial charge in [0.1, 0.15) is 0 Å². The number of aromatic nitrogens is 2. The molecular weight excluding hydrogens is 160 g/mol. The average molecular weight is 172 g/mol. The Bertz CT molecular complexity index is 338. The first-order valence-electron chi connectivity index (χ1n) is 4.47. The second-order valence-corrected chi connectivity index (χ2v) is 3.07. The summed E-state index contributed by atoms with van der Waals surface area (Å²) in [7, 11) is 0. The van der Waals surface area contributed by atoms with E-state index in [1.165, 1.54) is 11.3 Å². The van der Waals surface area contributed by atoms with Crippen molar-refractivity contribution in [3.8, 4) is 0 Å². The SMILES string of the molecule is c1ccc(CCc2ccn[nH]2)cc1. The molecule has 0 radical (unpaired) electrons. The van der Waals surface area contributed by atoms with Gasteiger partial charge in [0, 0.05) is 11.9 Å². The molecule has 2 heteroatoms. The molecule has 0 fully saturated rings. The normalized spacial score (nSPS) is 10.2. The largest absolute Gasteiger partial charge is 0.283 e. The highest BCUT2D eigenvalue weighted by molar-refractivity contribution is 5.16. The monoisotopic (exact) mass is 172 g/mol. The van der Waals surface area contributed by atoms with Crippen molar-refractivity contribution in [2.24, 2.45) is 0 Å². The number of H-pyrrole nitrogens is 1. The number of hydrogen-bond acceptors (Lipinski definition) is 1. The fraction of sp³-hybridized carbons (Fsp3) is 0.182. The molecule has 1 N–H and O–H groups in total. The number of nitrogens with zero attached hydrogens (tertiary/aromatic N) is 1. The summed E-state index contributed by atoms with van der Waals surface area (Å²) in [6, 6.07) is 12.5. The molecule has 2 rings (SSSR count). The van der Waals surface area contributed by atoms with Crippen molar-refractivity contribution < 1.29 is 0 Å². The first kappa shape index (κ1) is 8.05. The molecule has 1 aromatic heterocycles. The fourth-order valence-electron chi connectivity index (χ4n) is 1.35. The molecule has 13 heavy (non-hydrogen) atoms. The highest BCUT2D eigenvalue weighted by Crippen LogP contribution is 2.03. The zero-order valence-electron chi connectivity index (χ0n) is 7.40. The minimum atomic E-state index is 1.03. The van der Waals surface area contributed by atoms with Gasteiger partial charge in [-0.05, 0) is 24.5 Å². The van der Waals surface area contributed by atoms with Gasteiger partial charge in [-0.2, -0.15) is 5.10 Å². The van der Waals surface area contributed by atoms with E-state index in [0.29, 0.717) is 0 Å². The lowest BCUT2D eigenvalue weighted by atomic mass is 10.1. The Morgan fingerprint density at radius 1 is 1.00 bits per heavy atom. The molecule has 0 atom stereocenters. The summed E-state index contributed by atoms with van der Waals surface area (Å²) < 4.78 is 0. The highest BCUT2D eigenvalue weighted by Gasteiger charge is 1.94. The third-order valence-electron chi connectivity index (χ3n) is 2.08. The van der Waals surface area contributed by atoms with E-state index in [4.69, 9.17) is 0 Å². The van der Waals surface area contributed by atoms with Gasteiger partial charge in [-0.15, -0.1) is 0 Å². The Kier molecular flexibility index (Phi) is 2.41. The number of aromatic amines is 1. The van der Waals surface area contributed by atoms with Crippen LogP contribution in [0.3, 0.4) is 0 Å². The van der Waals surface area contributed by atoms with Crippen molar-refractivity contribution in [1.82, 2.24) is 10.2 Å². The lowest BCUT2D eigenvalue weighted by Gasteiger charge is -1.97.